The maximum atomic E-state index is 9.86. The van der Waals surface area contributed by atoms with Gasteiger partial charge in [0.05, 0.1) is 17.8 Å². The van der Waals surface area contributed by atoms with E-state index < -0.39 is 0 Å². The molecule has 0 bridgehead atoms. The van der Waals surface area contributed by atoms with Crippen molar-refractivity contribution in [2.75, 3.05) is 11.9 Å². The number of hydrogen-bond donors (Lipinski definition) is 1. The zero-order chi connectivity index (χ0) is 19.4. The normalized spacial score (nSPS) is 15.3. The van der Waals surface area contributed by atoms with Crippen molar-refractivity contribution in [2.45, 2.75) is 59.2 Å². The molecule has 0 amide bonds. The molecule has 0 radical (unpaired) electrons. The van der Waals surface area contributed by atoms with Crippen molar-refractivity contribution in [3.63, 3.8) is 0 Å². The van der Waals surface area contributed by atoms with Gasteiger partial charge in [0.15, 0.2) is 0 Å². The van der Waals surface area contributed by atoms with Crippen LogP contribution in [-0.4, -0.2) is 17.1 Å². The van der Waals surface area contributed by atoms with Gasteiger partial charge in [0.2, 0.25) is 0 Å². The molecule has 2 heterocycles. The zero-order valence-electron chi connectivity index (χ0n) is 16.8. The minimum atomic E-state index is -0.254. The number of fused-ring (bicyclic) bond motifs is 1. The first kappa shape index (κ1) is 19.4. The van der Waals surface area contributed by atoms with Crippen LogP contribution in [0.25, 0.3) is 0 Å². The van der Waals surface area contributed by atoms with Gasteiger partial charge in [-0.25, -0.2) is 4.98 Å². The summed E-state index contributed by atoms with van der Waals surface area (Å²) < 4.78 is 6.02. The average Bonchev–Trinajstić information content (AvgIpc) is 2.61. The van der Waals surface area contributed by atoms with Gasteiger partial charge in [0.25, 0.3) is 0 Å². The standard InChI is InChI=1S/C23H29N3O/c1-16(2)12-21-20-15-27-23(3,4)13-18(20)19(14-24)22(26-21)25-11-10-17-8-6-5-7-9-17/h5-9,16H,10-13,15H2,1-4H3,(H,25,26). The molecule has 0 saturated heterocycles. The van der Waals surface area contributed by atoms with Crippen molar-refractivity contribution in [1.82, 2.24) is 4.98 Å². The van der Waals surface area contributed by atoms with E-state index in [2.05, 4.69) is 63.3 Å². The highest BCUT2D eigenvalue weighted by Crippen LogP contribution is 2.34. The van der Waals surface area contributed by atoms with Gasteiger partial charge >= 0.3 is 0 Å². The predicted molar refractivity (Wildman–Crippen MR) is 109 cm³/mol. The topological polar surface area (TPSA) is 57.9 Å². The molecule has 27 heavy (non-hydrogen) atoms. The molecular weight excluding hydrogens is 334 g/mol. The quantitative estimate of drug-likeness (QED) is 0.811. The molecule has 0 atom stereocenters. The highest BCUT2D eigenvalue weighted by molar-refractivity contribution is 5.60. The third-order valence-corrected chi connectivity index (χ3v) is 4.97. The average molecular weight is 364 g/mol. The second-order valence-corrected chi connectivity index (χ2v) is 8.34. The van der Waals surface area contributed by atoms with Gasteiger partial charge in [-0.15, -0.1) is 0 Å². The van der Waals surface area contributed by atoms with Crippen LogP contribution in [-0.2, 0) is 30.6 Å². The van der Waals surface area contributed by atoms with Gasteiger partial charge in [-0.1, -0.05) is 44.2 Å². The molecule has 0 fully saturated rings. The van der Waals surface area contributed by atoms with Gasteiger partial charge in [0, 0.05) is 24.2 Å². The van der Waals surface area contributed by atoms with Crippen molar-refractivity contribution in [3.05, 3.63) is 58.3 Å². The van der Waals surface area contributed by atoms with E-state index in [0.717, 1.165) is 48.4 Å². The fourth-order valence-electron chi connectivity index (χ4n) is 3.61. The SMILES string of the molecule is CC(C)Cc1nc(NCCc2ccccc2)c(C#N)c2c1COC(C)(C)C2. The van der Waals surface area contributed by atoms with Crippen LogP contribution >= 0.6 is 0 Å². The number of hydrogen-bond acceptors (Lipinski definition) is 4. The molecule has 2 aromatic rings. The van der Waals surface area contributed by atoms with Crippen molar-refractivity contribution in [2.24, 2.45) is 5.92 Å². The molecule has 4 nitrogen and oxygen atoms in total. The molecule has 1 aromatic carbocycles. The molecule has 0 spiro atoms. The first-order valence-electron chi connectivity index (χ1n) is 9.76. The van der Waals surface area contributed by atoms with Crippen LogP contribution in [0, 0.1) is 17.2 Å². The lowest BCUT2D eigenvalue weighted by Gasteiger charge is -2.34. The Morgan fingerprint density at radius 3 is 2.63 bits per heavy atom. The number of ether oxygens (including phenoxy) is 1. The highest BCUT2D eigenvalue weighted by Gasteiger charge is 2.31. The smallest absolute Gasteiger partial charge is 0.144 e. The minimum absolute atomic E-state index is 0.254. The van der Waals surface area contributed by atoms with Crippen molar-refractivity contribution in [3.8, 4) is 6.07 Å². The van der Waals surface area contributed by atoms with Crippen LogP contribution in [0.1, 0.15) is 55.6 Å². The van der Waals surface area contributed by atoms with Gasteiger partial charge in [-0.05, 0) is 43.7 Å². The Labute approximate surface area is 162 Å². The lowest BCUT2D eigenvalue weighted by atomic mass is 9.87. The Kier molecular flexibility index (Phi) is 5.82. The summed E-state index contributed by atoms with van der Waals surface area (Å²) in [5.74, 6) is 1.22. The van der Waals surface area contributed by atoms with Crippen LogP contribution in [0.2, 0.25) is 0 Å². The van der Waals surface area contributed by atoms with Crippen LogP contribution in [0.5, 0.6) is 0 Å². The van der Waals surface area contributed by atoms with E-state index in [1.165, 1.54) is 5.56 Å². The Bertz CT molecular complexity index is 835. The molecule has 3 rings (SSSR count). The van der Waals surface area contributed by atoms with Crippen LogP contribution < -0.4 is 5.32 Å². The lowest BCUT2D eigenvalue weighted by molar-refractivity contribution is -0.0407. The maximum Gasteiger partial charge on any atom is 0.144 e. The minimum Gasteiger partial charge on any atom is -0.370 e. The number of benzene rings is 1. The van der Waals surface area contributed by atoms with E-state index in [1.807, 2.05) is 6.07 Å². The number of anilines is 1. The Morgan fingerprint density at radius 1 is 1.22 bits per heavy atom. The van der Waals surface area contributed by atoms with Gasteiger partial charge in [-0.3, -0.25) is 0 Å². The number of aromatic nitrogens is 1. The van der Waals surface area contributed by atoms with Crippen molar-refractivity contribution >= 4 is 5.82 Å². The first-order valence-corrected chi connectivity index (χ1v) is 9.76. The highest BCUT2D eigenvalue weighted by atomic mass is 16.5. The predicted octanol–water partition coefficient (Wildman–Crippen LogP) is 4.66. The van der Waals surface area contributed by atoms with Crippen LogP contribution in [0.3, 0.4) is 0 Å². The fraction of sp³-hybridized carbons (Fsp3) is 0.478. The summed E-state index contributed by atoms with van der Waals surface area (Å²) in [7, 11) is 0. The number of nitrogens with zero attached hydrogens (tertiary/aromatic N) is 2. The van der Waals surface area contributed by atoms with Crippen LogP contribution in [0.4, 0.5) is 5.82 Å². The monoisotopic (exact) mass is 363 g/mol. The summed E-state index contributed by atoms with van der Waals surface area (Å²) in [6, 6.07) is 12.8. The third kappa shape index (κ3) is 4.67. The molecule has 142 valence electrons. The van der Waals surface area contributed by atoms with Gasteiger partial charge in [-0.2, -0.15) is 5.26 Å². The number of nitriles is 1. The molecule has 1 aliphatic rings. The second-order valence-electron chi connectivity index (χ2n) is 8.34. The summed E-state index contributed by atoms with van der Waals surface area (Å²) in [6.45, 7) is 9.86. The maximum absolute atomic E-state index is 9.86. The van der Waals surface area contributed by atoms with Gasteiger partial charge in [0.1, 0.15) is 11.9 Å². The summed E-state index contributed by atoms with van der Waals surface area (Å²) >= 11 is 0. The molecule has 0 aliphatic carbocycles. The van der Waals surface area contributed by atoms with Gasteiger partial charge < -0.3 is 10.1 Å². The van der Waals surface area contributed by atoms with E-state index in [-0.39, 0.29) is 5.60 Å². The van der Waals surface area contributed by atoms with E-state index in [4.69, 9.17) is 9.72 Å². The largest absolute Gasteiger partial charge is 0.370 e. The van der Waals surface area contributed by atoms with Crippen molar-refractivity contribution in [1.29, 1.82) is 5.26 Å². The second kappa shape index (κ2) is 8.10. The van der Waals surface area contributed by atoms with E-state index in [0.29, 0.717) is 18.1 Å². The van der Waals surface area contributed by atoms with E-state index in [9.17, 15) is 5.26 Å². The molecule has 0 unspecified atom stereocenters. The first-order chi connectivity index (χ1) is 12.9. The summed E-state index contributed by atoms with van der Waals surface area (Å²) in [5.41, 5.74) is 5.00. The van der Waals surface area contributed by atoms with Crippen molar-refractivity contribution < 1.29 is 4.74 Å². The molecule has 4 heteroatoms. The molecular formula is C23H29N3O. The number of rotatable bonds is 6. The Morgan fingerprint density at radius 2 is 1.96 bits per heavy atom. The zero-order valence-corrected chi connectivity index (χ0v) is 16.8. The lowest BCUT2D eigenvalue weighted by Crippen LogP contribution is -2.34. The summed E-state index contributed by atoms with van der Waals surface area (Å²) in [5, 5.41) is 13.3. The Hall–Kier alpha value is -2.38. The summed E-state index contributed by atoms with van der Waals surface area (Å²) in [4.78, 5) is 4.86. The molecule has 1 N–H and O–H groups in total. The summed E-state index contributed by atoms with van der Waals surface area (Å²) in [6.07, 6.45) is 2.54. The number of pyridine rings is 1. The fourth-order valence-corrected chi connectivity index (χ4v) is 3.61. The van der Waals surface area contributed by atoms with E-state index in [1.54, 1.807) is 0 Å². The Balaban J connectivity index is 1.91. The molecule has 1 aliphatic heterocycles. The molecule has 1 aromatic heterocycles. The third-order valence-electron chi connectivity index (χ3n) is 4.97. The number of nitrogens with one attached hydrogen (secondary N) is 1. The van der Waals surface area contributed by atoms with E-state index >= 15 is 0 Å². The molecule has 0 saturated carbocycles. The van der Waals surface area contributed by atoms with Crippen LogP contribution in [0.15, 0.2) is 30.3 Å².